The summed E-state index contributed by atoms with van der Waals surface area (Å²) in [5.41, 5.74) is 0. The van der Waals surface area contributed by atoms with Crippen LogP contribution in [0.4, 0.5) is 0 Å². The number of ether oxygens (including phenoxy) is 1. The van der Waals surface area contributed by atoms with E-state index in [4.69, 9.17) is 4.74 Å². The third-order valence-corrected chi connectivity index (χ3v) is 3.69. The lowest BCUT2D eigenvalue weighted by molar-refractivity contribution is -0.146. The highest BCUT2D eigenvalue weighted by atomic mass is 16.5. The van der Waals surface area contributed by atoms with Crippen molar-refractivity contribution in [2.24, 2.45) is 0 Å². The maximum absolute atomic E-state index is 11.9. The van der Waals surface area contributed by atoms with Crippen LogP contribution in [0.15, 0.2) is 0 Å². The number of rotatable bonds is 8. The second-order valence-corrected chi connectivity index (χ2v) is 4.89. The van der Waals surface area contributed by atoms with Crippen LogP contribution < -0.4 is 5.32 Å². The molecule has 1 unspecified atom stereocenters. The molecule has 1 saturated carbocycles. The summed E-state index contributed by atoms with van der Waals surface area (Å²) in [5.74, 6) is -0.115. The summed E-state index contributed by atoms with van der Waals surface area (Å²) in [4.78, 5) is 14.3. The molecule has 0 amide bonds. The minimum Gasteiger partial charge on any atom is -0.465 e. The smallest absolute Gasteiger partial charge is 0.324 e. The molecule has 0 bridgehead atoms. The number of carbonyl (C=O) groups is 1. The lowest BCUT2D eigenvalue weighted by Crippen LogP contribution is -2.49. The van der Waals surface area contributed by atoms with E-state index in [1.165, 1.54) is 25.7 Å². The molecule has 0 spiro atoms. The summed E-state index contributed by atoms with van der Waals surface area (Å²) >= 11 is 0. The highest BCUT2D eigenvalue weighted by molar-refractivity contribution is 5.76. The van der Waals surface area contributed by atoms with Crippen molar-refractivity contribution in [3.63, 3.8) is 0 Å². The van der Waals surface area contributed by atoms with E-state index in [0.717, 1.165) is 19.6 Å². The minimum atomic E-state index is -0.185. The standard InChI is InChI=1S/C14H28N2O2/c1-4-15-13(14(17)18-6-3)11-16(5-2)12-9-7-8-10-12/h12-13,15H,4-11H2,1-3H3. The van der Waals surface area contributed by atoms with E-state index in [0.29, 0.717) is 12.6 Å². The molecule has 1 atom stereocenters. The molecule has 106 valence electrons. The predicted octanol–water partition coefficient (Wildman–Crippen LogP) is 1.79. The first-order valence-corrected chi connectivity index (χ1v) is 7.36. The summed E-state index contributed by atoms with van der Waals surface area (Å²) in [6, 6.07) is 0.473. The van der Waals surface area contributed by atoms with Crippen LogP contribution in [0.5, 0.6) is 0 Å². The van der Waals surface area contributed by atoms with E-state index in [1.54, 1.807) is 0 Å². The van der Waals surface area contributed by atoms with Crippen molar-refractivity contribution < 1.29 is 9.53 Å². The second-order valence-electron chi connectivity index (χ2n) is 4.89. The third kappa shape index (κ3) is 4.58. The van der Waals surface area contributed by atoms with Gasteiger partial charge in [0.1, 0.15) is 6.04 Å². The Kier molecular flexibility index (Phi) is 7.28. The molecule has 1 rings (SSSR count). The van der Waals surface area contributed by atoms with E-state index < -0.39 is 0 Å². The third-order valence-electron chi connectivity index (χ3n) is 3.69. The molecule has 4 heteroatoms. The van der Waals surface area contributed by atoms with Gasteiger partial charge in [0.05, 0.1) is 6.61 Å². The van der Waals surface area contributed by atoms with Crippen molar-refractivity contribution in [2.75, 3.05) is 26.2 Å². The summed E-state index contributed by atoms with van der Waals surface area (Å²) in [5, 5.41) is 3.24. The number of nitrogens with zero attached hydrogens (tertiary/aromatic N) is 1. The molecule has 0 aliphatic heterocycles. The van der Waals surface area contributed by atoms with Gasteiger partial charge in [0.2, 0.25) is 0 Å². The van der Waals surface area contributed by atoms with Crippen LogP contribution in [0.1, 0.15) is 46.5 Å². The maximum Gasteiger partial charge on any atom is 0.324 e. The van der Waals surface area contributed by atoms with Gasteiger partial charge in [0, 0.05) is 12.6 Å². The number of esters is 1. The highest BCUT2D eigenvalue weighted by Gasteiger charge is 2.27. The number of likely N-dealkylation sites (N-methyl/N-ethyl adjacent to an activating group) is 2. The molecule has 0 heterocycles. The topological polar surface area (TPSA) is 41.6 Å². The van der Waals surface area contributed by atoms with Gasteiger partial charge in [-0.25, -0.2) is 0 Å². The van der Waals surface area contributed by atoms with Gasteiger partial charge < -0.3 is 10.1 Å². The van der Waals surface area contributed by atoms with E-state index in [-0.39, 0.29) is 12.0 Å². The van der Waals surface area contributed by atoms with Crippen molar-refractivity contribution in [1.29, 1.82) is 0 Å². The molecule has 0 aromatic carbocycles. The Balaban J connectivity index is 2.53. The van der Waals surface area contributed by atoms with E-state index in [2.05, 4.69) is 17.1 Å². The maximum atomic E-state index is 11.9. The van der Waals surface area contributed by atoms with Crippen LogP contribution in [-0.2, 0) is 9.53 Å². The van der Waals surface area contributed by atoms with Crippen LogP contribution in [0.2, 0.25) is 0 Å². The Morgan fingerprint density at radius 3 is 2.50 bits per heavy atom. The Morgan fingerprint density at radius 2 is 2.00 bits per heavy atom. The van der Waals surface area contributed by atoms with E-state index >= 15 is 0 Å². The quantitative estimate of drug-likeness (QED) is 0.672. The largest absolute Gasteiger partial charge is 0.465 e. The molecule has 1 aliphatic rings. The summed E-state index contributed by atoms with van der Waals surface area (Å²) in [6.07, 6.45) is 5.20. The van der Waals surface area contributed by atoms with Gasteiger partial charge in [-0.1, -0.05) is 26.7 Å². The van der Waals surface area contributed by atoms with Crippen LogP contribution in [0.25, 0.3) is 0 Å². The van der Waals surface area contributed by atoms with Crippen molar-refractivity contribution in [3.05, 3.63) is 0 Å². The Morgan fingerprint density at radius 1 is 1.33 bits per heavy atom. The fourth-order valence-corrected chi connectivity index (χ4v) is 2.75. The van der Waals surface area contributed by atoms with Gasteiger partial charge in [-0.2, -0.15) is 0 Å². The fraction of sp³-hybridized carbons (Fsp3) is 0.929. The number of hydrogen-bond acceptors (Lipinski definition) is 4. The van der Waals surface area contributed by atoms with Crippen molar-refractivity contribution in [1.82, 2.24) is 10.2 Å². The Hall–Kier alpha value is -0.610. The highest BCUT2D eigenvalue weighted by Crippen LogP contribution is 2.23. The summed E-state index contributed by atoms with van der Waals surface area (Å²) in [7, 11) is 0. The van der Waals surface area contributed by atoms with Crippen LogP contribution in [-0.4, -0.2) is 49.2 Å². The Labute approximate surface area is 111 Å². The van der Waals surface area contributed by atoms with Gasteiger partial charge in [0.25, 0.3) is 0 Å². The van der Waals surface area contributed by atoms with Crippen molar-refractivity contribution in [2.45, 2.75) is 58.5 Å². The molecule has 0 radical (unpaired) electrons. The molecule has 18 heavy (non-hydrogen) atoms. The van der Waals surface area contributed by atoms with E-state index in [9.17, 15) is 4.79 Å². The van der Waals surface area contributed by atoms with Gasteiger partial charge in [0.15, 0.2) is 0 Å². The zero-order chi connectivity index (χ0) is 13.4. The van der Waals surface area contributed by atoms with Crippen LogP contribution >= 0.6 is 0 Å². The van der Waals surface area contributed by atoms with Crippen molar-refractivity contribution >= 4 is 5.97 Å². The monoisotopic (exact) mass is 256 g/mol. The summed E-state index contributed by atoms with van der Waals surface area (Å²) < 4.78 is 5.14. The van der Waals surface area contributed by atoms with Gasteiger partial charge in [-0.05, 0) is 32.9 Å². The average Bonchev–Trinajstić information content (AvgIpc) is 2.88. The molecule has 1 N–H and O–H groups in total. The second kappa shape index (κ2) is 8.48. The van der Waals surface area contributed by atoms with E-state index in [1.807, 2.05) is 13.8 Å². The molecular formula is C14H28N2O2. The normalized spacial score (nSPS) is 18.2. The van der Waals surface area contributed by atoms with Gasteiger partial charge >= 0.3 is 5.97 Å². The van der Waals surface area contributed by atoms with Gasteiger partial charge in [-0.3, -0.25) is 9.69 Å². The first-order chi connectivity index (χ1) is 8.72. The molecule has 1 fully saturated rings. The molecule has 4 nitrogen and oxygen atoms in total. The van der Waals surface area contributed by atoms with Gasteiger partial charge in [-0.15, -0.1) is 0 Å². The minimum absolute atomic E-state index is 0.115. The summed E-state index contributed by atoms with van der Waals surface area (Å²) in [6.45, 7) is 9.09. The average molecular weight is 256 g/mol. The molecule has 0 aromatic rings. The SMILES string of the molecule is CCNC(CN(CC)C1CCCC1)C(=O)OCC. The first-order valence-electron chi connectivity index (χ1n) is 7.36. The predicted molar refractivity (Wildman–Crippen MR) is 73.6 cm³/mol. The lowest BCUT2D eigenvalue weighted by atomic mass is 10.1. The zero-order valence-corrected chi connectivity index (χ0v) is 12.1. The molecule has 1 aliphatic carbocycles. The van der Waals surface area contributed by atoms with Crippen LogP contribution in [0, 0.1) is 0 Å². The first kappa shape index (κ1) is 15.4. The zero-order valence-electron chi connectivity index (χ0n) is 12.1. The number of nitrogens with one attached hydrogen (secondary N) is 1. The fourth-order valence-electron chi connectivity index (χ4n) is 2.75. The Bertz CT molecular complexity index is 240. The molecule has 0 aromatic heterocycles. The number of hydrogen-bond donors (Lipinski definition) is 1. The van der Waals surface area contributed by atoms with Crippen molar-refractivity contribution in [3.8, 4) is 0 Å². The number of carbonyl (C=O) groups excluding carboxylic acids is 1. The molecule has 0 saturated heterocycles. The molecular weight excluding hydrogens is 228 g/mol. The lowest BCUT2D eigenvalue weighted by Gasteiger charge is -2.30. The van der Waals surface area contributed by atoms with Crippen LogP contribution in [0.3, 0.4) is 0 Å².